The van der Waals surface area contributed by atoms with Crippen LogP contribution < -0.4 is 0 Å². The number of carbonyl (C=O) groups excluding carboxylic acids is 1. The van der Waals surface area contributed by atoms with Crippen molar-refractivity contribution in [3.8, 4) is 0 Å². The van der Waals surface area contributed by atoms with Crippen molar-refractivity contribution >= 4 is 5.97 Å². The molecule has 5 heteroatoms. The predicted molar refractivity (Wildman–Crippen MR) is 73.7 cm³/mol. The number of hydrogen-bond donors (Lipinski definition) is 1. The molecule has 1 N–H and O–H groups in total. The lowest BCUT2D eigenvalue weighted by Gasteiger charge is -2.21. The van der Waals surface area contributed by atoms with E-state index < -0.39 is 17.7 Å². The molecule has 0 unspecified atom stereocenters. The summed E-state index contributed by atoms with van der Waals surface area (Å²) in [5.74, 6) is -0.649. The van der Waals surface area contributed by atoms with Crippen molar-refractivity contribution < 1.29 is 24.4 Å². The Morgan fingerprint density at radius 2 is 1.85 bits per heavy atom. The van der Waals surface area contributed by atoms with Gasteiger partial charge in [-0.05, 0) is 26.3 Å². The van der Waals surface area contributed by atoms with Crippen molar-refractivity contribution in [3.63, 3.8) is 0 Å². The second-order valence-electron chi connectivity index (χ2n) is 5.41. The molecule has 0 aliphatic rings. The number of aliphatic hydroxyl groups is 1. The summed E-state index contributed by atoms with van der Waals surface area (Å²) in [5.41, 5.74) is 0.378. The van der Waals surface area contributed by atoms with Gasteiger partial charge in [0.1, 0.15) is 12.2 Å². The second kappa shape index (κ2) is 7.99. The lowest BCUT2D eigenvalue weighted by Crippen LogP contribution is -2.32. The zero-order valence-corrected chi connectivity index (χ0v) is 12.2. The molecule has 0 saturated carbocycles. The molecule has 0 amide bonds. The number of esters is 1. The summed E-state index contributed by atoms with van der Waals surface area (Å²) in [6, 6.07) is 9.56. The molecule has 1 rings (SSSR count). The Labute approximate surface area is 119 Å². The largest absolute Gasteiger partial charge is 0.458 e. The average molecular weight is 282 g/mol. The minimum atomic E-state index is -1.20. The molecule has 0 radical (unpaired) electrons. The van der Waals surface area contributed by atoms with Crippen molar-refractivity contribution in [2.45, 2.75) is 45.5 Å². The van der Waals surface area contributed by atoms with Crippen LogP contribution in [0.2, 0.25) is 0 Å². The lowest BCUT2D eigenvalue weighted by molar-refractivity contribution is -0.306. The van der Waals surface area contributed by atoms with Crippen molar-refractivity contribution in [3.05, 3.63) is 35.9 Å². The first-order valence-corrected chi connectivity index (χ1v) is 6.58. The molecule has 20 heavy (non-hydrogen) atoms. The smallest absolute Gasteiger partial charge is 0.335 e. The average Bonchev–Trinajstić information content (AvgIpc) is 2.37. The summed E-state index contributed by atoms with van der Waals surface area (Å²) >= 11 is 0. The molecule has 0 fully saturated rings. The van der Waals surface area contributed by atoms with Crippen LogP contribution in [-0.2, 0) is 25.9 Å². The van der Waals surface area contributed by atoms with Crippen molar-refractivity contribution in [1.82, 2.24) is 0 Å². The standard InChI is InChI=1S/C15H22O5/c1-15(2,3)20-14(17)13(16)9-10-18-19-11-12-7-5-4-6-8-12/h4-8,13,16H,9-11H2,1-3H3/t13-/m0/s1. The van der Waals surface area contributed by atoms with Crippen molar-refractivity contribution in [2.75, 3.05) is 6.61 Å². The van der Waals surface area contributed by atoms with Crippen LogP contribution in [0.4, 0.5) is 0 Å². The van der Waals surface area contributed by atoms with Gasteiger partial charge in [-0.2, -0.15) is 0 Å². The van der Waals surface area contributed by atoms with Crippen LogP contribution in [0.15, 0.2) is 30.3 Å². The number of ether oxygens (including phenoxy) is 1. The molecule has 0 bridgehead atoms. The van der Waals surface area contributed by atoms with Gasteiger partial charge in [0, 0.05) is 6.42 Å². The van der Waals surface area contributed by atoms with E-state index in [2.05, 4.69) is 0 Å². The first kappa shape index (κ1) is 16.6. The third-order valence-electron chi connectivity index (χ3n) is 2.31. The van der Waals surface area contributed by atoms with Crippen LogP contribution in [0.25, 0.3) is 0 Å². The first-order valence-electron chi connectivity index (χ1n) is 6.58. The summed E-state index contributed by atoms with van der Waals surface area (Å²) < 4.78 is 5.04. The Morgan fingerprint density at radius 3 is 2.45 bits per heavy atom. The van der Waals surface area contributed by atoms with Gasteiger partial charge in [-0.1, -0.05) is 30.3 Å². The van der Waals surface area contributed by atoms with Gasteiger partial charge in [-0.15, -0.1) is 0 Å². The van der Waals surface area contributed by atoms with E-state index in [4.69, 9.17) is 14.5 Å². The Morgan fingerprint density at radius 1 is 1.20 bits per heavy atom. The number of carbonyl (C=O) groups is 1. The lowest BCUT2D eigenvalue weighted by atomic mass is 10.2. The van der Waals surface area contributed by atoms with Crippen LogP contribution >= 0.6 is 0 Å². The van der Waals surface area contributed by atoms with Gasteiger partial charge in [0.15, 0.2) is 6.10 Å². The molecule has 1 aromatic rings. The molecule has 1 aromatic carbocycles. The predicted octanol–water partition coefficient (Wildman–Crippen LogP) is 2.23. The van der Waals surface area contributed by atoms with E-state index in [0.29, 0.717) is 6.61 Å². The fourth-order valence-corrected chi connectivity index (χ4v) is 1.39. The van der Waals surface area contributed by atoms with Crippen LogP contribution in [-0.4, -0.2) is 29.4 Å². The SMILES string of the molecule is CC(C)(C)OC(=O)[C@@H](O)CCOOCc1ccccc1. The zero-order chi connectivity index (χ0) is 15.0. The molecule has 0 aromatic heterocycles. The summed E-state index contributed by atoms with van der Waals surface area (Å²) in [6.07, 6.45) is -1.07. The maximum absolute atomic E-state index is 11.5. The van der Waals surface area contributed by atoms with E-state index in [9.17, 15) is 9.90 Å². The van der Waals surface area contributed by atoms with Crippen LogP contribution in [0, 0.1) is 0 Å². The Hall–Kier alpha value is -1.43. The molecule has 0 aliphatic heterocycles. The quantitative estimate of drug-likeness (QED) is 0.359. The molecule has 0 heterocycles. The fraction of sp³-hybridized carbons (Fsp3) is 0.533. The van der Waals surface area contributed by atoms with Crippen LogP contribution in [0.5, 0.6) is 0 Å². The Bertz CT molecular complexity index is 396. The second-order valence-corrected chi connectivity index (χ2v) is 5.41. The summed E-state index contributed by atoms with van der Waals surface area (Å²) in [6.45, 7) is 5.68. The third kappa shape index (κ3) is 7.23. The molecule has 0 spiro atoms. The van der Waals surface area contributed by atoms with Gasteiger partial charge < -0.3 is 9.84 Å². The topological polar surface area (TPSA) is 65.0 Å². The highest BCUT2D eigenvalue weighted by Gasteiger charge is 2.22. The van der Waals surface area contributed by atoms with Crippen molar-refractivity contribution in [2.24, 2.45) is 0 Å². The van der Waals surface area contributed by atoms with Crippen molar-refractivity contribution in [1.29, 1.82) is 0 Å². The summed E-state index contributed by atoms with van der Waals surface area (Å²) in [5, 5.41) is 9.59. The molecule has 1 atom stereocenters. The highest BCUT2D eigenvalue weighted by atomic mass is 17.2. The van der Waals surface area contributed by atoms with E-state index in [1.54, 1.807) is 20.8 Å². The zero-order valence-electron chi connectivity index (χ0n) is 12.2. The number of aliphatic hydroxyl groups excluding tert-OH is 1. The van der Waals surface area contributed by atoms with Gasteiger partial charge in [-0.3, -0.25) is 0 Å². The third-order valence-corrected chi connectivity index (χ3v) is 2.31. The first-order chi connectivity index (χ1) is 9.38. The maximum atomic E-state index is 11.5. The summed E-state index contributed by atoms with van der Waals surface area (Å²) in [7, 11) is 0. The van der Waals surface area contributed by atoms with Gasteiger partial charge in [0.05, 0.1) is 6.61 Å². The van der Waals surface area contributed by atoms with Crippen LogP contribution in [0.3, 0.4) is 0 Å². The Balaban J connectivity index is 2.13. The van der Waals surface area contributed by atoms with E-state index in [1.165, 1.54) is 0 Å². The Kier molecular flexibility index (Phi) is 6.64. The molecule has 0 aliphatic carbocycles. The molecule has 0 saturated heterocycles. The fourth-order valence-electron chi connectivity index (χ4n) is 1.39. The van der Waals surface area contributed by atoms with Gasteiger partial charge in [0.2, 0.25) is 0 Å². The minimum Gasteiger partial charge on any atom is -0.458 e. The van der Waals surface area contributed by atoms with E-state index in [-0.39, 0.29) is 13.0 Å². The normalized spacial score (nSPS) is 13.0. The van der Waals surface area contributed by atoms with Gasteiger partial charge >= 0.3 is 5.97 Å². The van der Waals surface area contributed by atoms with Crippen LogP contribution in [0.1, 0.15) is 32.8 Å². The number of benzene rings is 1. The summed E-state index contributed by atoms with van der Waals surface area (Å²) in [4.78, 5) is 21.4. The molecule has 112 valence electrons. The van der Waals surface area contributed by atoms with E-state index in [0.717, 1.165) is 5.56 Å². The molecular weight excluding hydrogens is 260 g/mol. The minimum absolute atomic E-state index is 0.118. The highest BCUT2D eigenvalue weighted by Crippen LogP contribution is 2.10. The molecule has 5 nitrogen and oxygen atoms in total. The maximum Gasteiger partial charge on any atom is 0.335 e. The molecular formula is C15H22O5. The highest BCUT2D eigenvalue weighted by molar-refractivity contribution is 5.74. The monoisotopic (exact) mass is 282 g/mol. The van der Waals surface area contributed by atoms with E-state index in [1.807, 2.05) is 30.3 Å². The van der Waals surface area contributed by atoms with Gasteiger partial charge in [-0.25, -0.2) is 14.6 Å². The van der Waals surface area contributed by atoms with E-state index >= 15 is 0 Å². The number of rotatable bonds is 7. The van der Waals surface area contributed by atoms with Gasteiger partial charge in [0.25, 0.3) is 0 Å². The number of hydrogen-bond acceptors (Lipinski definition) is 5.